The first-order chi connectivity index (χ1) is 8.19. The summed E-state index contributed by atoms with van der Waals surface area (Å²) in [5.41, 5.74) is 6.95. The first-order valence-electron chi connectivity index (χ1n) is 5.62. The minimum atomic E-state index is 0.245. The second-order valence-corrected chi connectivity index (χ2v) is 5.54. The maximum absolute atomic E-state index is 8.77. The average molecular weight is 248 g/mol. The predicted octanol–water partition coefficient (Wildman–Crippen LogP) is 3.06. The van der Waals surface area contributed by atoms with Gasteiger partial charge in [-0.2, -0.15) is 5.26 Å². The standard InChI is InChI=1S/C13H16N2OS/c1-16-10-2-3-11(15)12(8-10)17-9-13(4-5-13)6-7-14/h2-3,8H,4-6,9,15H2,1H3. The van der Waals surface area contributed by atoms with E-state index in [1.54, 1.807) is 18.9 Å². The number of anilines is 1. The van der Waals surface area contributed by atoms with Crippen LogP contribution in [0.5, 0.6) is 5.75 Å². The number of nitriles is 1. The third kappa shape index (κ3) is 2.86. The van der Waals surface area contributed by atoms with E-state index in [1.807, 2.05) is 18.2 Å². The molecule has 0 spiro atoms. The van der Waals surface area contributed by atoms with Crippen LogP contribution in [0.4, 0.5) is 5.69 Å². The Morgan fingerprint density at radius 2 is 2.29 bits per heavy atom. The Bertz CT molecular complexity index is 449. The molecular weight excluding hydrogens is 232 g/mol. The second kappa shape index (κ2) is 4.89. The van der Waals surface area contributed by atoms with Crippen molar-refractivity contribution in [1.29, 1.82) is 5.26 Å². The highest BCUT2D eigenvalue weighted by Gasteiger charge is 2.42. The monoisotopic (exact) mass is 248 g/mol. The van der Waals surface area contributed by atoms with Gasteiger partial charge in [0.25, 0.3) is 0 Å². The van der Waals surface area contributed by atoms with E-state index in [0.29, 0.717) is 6.42 Å². The van der Waals surface area contributed by atoms with Crippen LogP contribution in [0.1, 0.15) is 19.3 Å². The molecule has 90 valence electrons. The summed E-state index contributed by atoms with van der Waals surface area (Å²) in [5.74, 6) is 1.80. The van der Waals surface area contributed by atoms with Gasteiger partial charge in [0.15, 0.2) is 0 Å². The molecule has 1 fully saturated rings. The van der Waals surface area contributed by atoms with Crippen LogP contribution in [-0.4, -0.2) is 12.9 Å². The number of nitrogen functional groups attached to an aromatic ring is 1. The van der Waals surface area contributed by atoms with Crippen LogP contribution >= 0.6 is 11.8 Å². The SMILES string of the molecule is COc1ccc(N)c(SCC2(CC#N)CC2)c1. The van der Waals surface area contributed by atoms with Crippen molar-refractivity contribution in [3.63, 3.8) is 0 Å². The van der Waals surface area contributed by atoms with Crippen molar-refractivity contribution in [2.45, 2.75) is 24.2 Å². The zero-order chi connectivity index (χ0) is 12.3. The predicted molar refractivity (Wildman–Crippen MR) is 70.0 cm³/mol. The minimum absolute atomic E-state index is 0.245. The molecule has 4 heteroatoms. The molecule has 0 heterocycles. The molecule has 1 saturated carbocycles. The molecule has 0 amide bonds. The summed E-state index contributed by atoms with van der Waals surface area (Å²) in [6, 6.07) is 7.96. The lowest BCUT2D eigenvalue weighted by molar-refractivity contribution is 0.414. The topological polar surface area (TPSA) is 59.0 Å². The zero-order valence-corrected chi connectivity index (χ0v) is 10.7. The molecule has 2 N–H and O–H groups in total. The quantitative estimate of drug-likeness (QED) is 0.642. The molecule has 1 aliphatic rings. The van der Waals surface area contributed by atoms with E-state index in [-0.39, 0.29) is 5.41 Å². The Morgan fingerprint density at radius 3 is 2.88 bits per heavy atom. The first-order valence-corrected chi connectivity index (χ1v) is 6.61. The van der Waals surface area contributed by atoms with E-state index < -0.39 is 0 Å². The highest BCUT2D eigenvalue weighted by atomic mass is 32.2. The Labute approximate surface area is 106 Å². The highest BCUT2D eigenvalue weighted by Crippen LogP contribution is 2.52. The lowest BCUT2D eigenvalue weighted by Crippen LogP contribution is -2.03. The van der Waals surface area contributed by atoms with Gasteiger partial charge < -0.3 is 10.5 Å². The molecule has 0 saturated heterocycles. The van der Waals surface area contributed by atoms with E-state index in [4.69, 9.17) is 15.7 Å². The van der Waals surface area contributed by atoms with Crippen LogP contribution < -0.4 is 10.5 Å². The molecule has 1 aromatic rings. The van der Waals surface area contributed by atoms with Gasteiger partial charge in [-0.3, -0.25) is 0 Å². The van der Waals surface area contributed by atoms with Crippen molar-refractivity contribution in [3.8, 4) is 11.8 Å². The van der Waals surface area contributed by atoms with E-state index in [1.165, 1.54) is 0 Å². The number of nitrogens with two attached hydrogens (primary N) is 1. The smallest absolute Gasteiger partial charge is 0.120 e. The second-order valence-electron chi connectivity index (χ2n) is 4.53. The van der Waals surface area contributed by atoms with Gasteiger partial charge in [-0.05, 0) is 36.5 Å². The van der Waals surface area contributed by atoms with Gasteiger partial charge in [-0.25, -0.2) is 0 Å². The maximum atomic E-state index is 8.77. The summed E-state index contributed by atoms with van der Waals surface area (Å²) >= 11 is 1.73. The van der Waals surface area contributed by atoms with Crippen LogP contribution in [0.3, 0.4) is 0 Å². The van der Waals surface area contributed by atoms with Crippen molar-refractivity contribution in [3.05, 3.63) is 18.2 Å². The molecule has 2 rings (SSSR count). The van der Waals surface area contributed by atoms with E-state index >= 15 is 0 Å². The van der Waals surface area contributed by atoms with E-state index in [9.17, 15) is 0 Å². The fraction of sp³-hybridized carbons (Fsp3) is 0.462. The fourth-order valence-electron chi connectivity index (χ4n) is 1.71. The van der Waals surface area contributed by atoms with Crippen LogP contribution in [0.15, 0.2) is 23.1 Å². The van der Waals surface area contributed by atoms with Gasteiger partial charge in [0.05, 0.1) is 13.2 Å². The number of ether oxygens (including phenoxy) is 1. The molecule has 1 aromatic carbocycles. The fourth-order valence-corrected chi connectivity index (χ4v) is 3.00. The van der Waals surface area contributed by atoms with Crippen molar-refractivity contribution >= 4 is 17.4 Å². The van der Waals surface area contributed by atoms with Gasteiger partial charge in [0, 0.05) is 22.8 Å². The van der Waals surface area contributed by atoms with Crippen LogP contribution in [0, 0.1) is 16.7 Å². The Morgan fingerprint density at radius 1 is 1.53 bits per heavy atom. The average Bonchev–Trinajstić information content (AvgIpc) is 3.09. The summed E-state index contributed by atoms with van der Waals surface area (Å²) in [6.45, 7) is 0. The minimum Gasteiger partial charge on any atom is -0.497 e. The van der Waals surface area contributed by atoms with Crippen LogP contribution in [-0.2, 0) is 0 Å². The zero-order valence-electron chi connectivity index (χ0n) is 9.90. The van der Waals surface area contributed by atoms with E-state index in [0.717, 1.165) is 34.9 Å². The van der Waals surface area contributed by atoms with Crippen molar-refractivity contribution in [2.24, 2.45) is 5.41 Å². The van der Waals surface area contributed by atoms with Gasteiger partial charge in [0.2, 0.25) is 0 Å². The molecule has 17 heavy (non-hydrogen) atoms. The van der Waals surface area contributed by atoms with Gasteiger partial charge in [-0.1, -0.05) is 0 Å². The molecular formula is C13H16N2OS. The third-order valence-electron chi connectivity index (χ3n) is 3.17. The molecule has 0 aliphatic heterocycles. The van der Waals surface area contributed by atoms with Gasteiger partial charge in [-0.15, -0.1) is 11.8 Å². The largest absolute Gasteiger partial charge is 0.497 e. The van der Waals surface area contributed by atoms with Crippen molar-refractivity contribution in [2.75, 3.05) is 18.6 Å². The number of rotatable bonds is 5. The van der Waals surface area contributed by atoms with Crippen molar-refractivity contribution in [1.82, 2.24) is 0 Å². The van der Waals surface area contributed by atoms with Gasteiger partial charge in [0.1, 0.15) is 5.75 Å². The molecule has 1 aliphatic carbocycles. The molecule has 0 unspecified atom stereocenters. The van der Waals surface area contributed by atoms with E-state index in [2.05, 4.69) is 6.07 Å². The number of thioether (sulfide) groups is 1. The summed E-state index contributed by atoms with van der Waals surface area (Å²) in [7, 11) is 1.65. The Hall–Kier alpha value is -1.34. The van der Waals surface area contributed by atoms with Gasteiger partial charge >= 0.3 is 0 Å². The lowest BCUT2D eigenvalue weighted by Gasteiger charge is -2.12. The summed E-state index contributed by atoms with van der Waals surface area (Å²) in [5, 5.41) is 8.77. The summed E-state index contributed by atoms with van der Waals surface area (Å²) in [4.78, 5) is 1.05. The maximum Gasteiger partial charge on any atom is 0.120 e. The number of benzene rings is 1. The van der Waals surface area contributed by atoms with Crippen molar-refractivity contribution < 1.29 is 4.74 Å². The Balaban J connectivity index is 2.01. The number of methoxy groups -OCH3 is 1. The lowest BCUT2D eigenvalue weighted by atomic mass is 10.1. The Kier molecular flexibility index (Phi) is 3.49. The number of hydrogen-bond donors (Lipinski definition) is 1. The normalized spacial score (nSPS) is 16.2. The molecule has 0 aromatic heterocycles. The first kappa shape index (κ1) is 12.1. The number of nitrogens with zero attached hydrogens (tertiary/aromatic N) is 1. The molecule has 0 atom stereocenters. The molecule has 3 nitrogen and oxygen atoms in total. The molecule has 0 bridgehead atoms. The summed E-state index contributed by atoms with van der Waals surface area (Å²) < 4.78 is 5.18. The third-order valence-corrected chi connectivity index (χ3v) is 4.59. The highest BCUT2D eigenvalue weighted by molar-refractivity contribution is 7.99. The summed E-state index contributed by atoms with van der Waals surface area (Å²) in [6.07, 6.45) is 2.98. The van der Waals surface area contributed by atoms with Crippen LogP contribution in [0.2, 0.25) is 0 Å². The number of hydrogen-bond acceptors (Lipinski definition) is 4. The molecule has 0 radical (unpaired) electrons. The van der Waals surface area contributed by atoms with Crippen LogP contribution in [0.25, 0.3) is 0 Å².